The maximum absolute atomic E-state index is 15.4. The zero-order valence-corrected chi connectivity index (χ0v) is 22.8. The van der Waals surface area contributed by atoms with Crippen molar-refractivity contribution in [2.24, 2.45) is 7.05 Å². The fourth-order valence-corrected chi connectivity index (χ4v) is 4.97. The molecule has 0 saturated heterocycles. The third-order valence-electron chi connectivity index (χ3n) is 6.89. The van der Waals surface area contributed by atoms with Crippen LogP contribution in [0.3, 0.4) is 0 Å². The Morgan fingerprint density at radius 2 is 1.73 bits per heavy atom. The van der Waals surface area contributed by atoms with Crippen LogP contribution >= 0.6 is 0 Å². The maximum atomic E-state index is 15.4. The number of aromatic nitrogens is 3. The van der Waals surface area contributed by atoms with Gasteiger partial charge in [0, 0.05) is 43.0 Å². The van der Waals surface area contributed by atoms with Crippen LogP contribution in [-0.4, -0.2) is 33.2 Å². The van der Waals surface area contributed by atoms with Gasteiger partial charge in [0.05, 0.1) is 16.8 Å². The summed E-state index contributed by atoms with van der Waals surface area (Å²) in [6.45, 7) is 5.60. The van der Waals surface area contributed by atoms with E-state index >= 15 is 4.39 Å². The largest absolute Gasteiger partial charge is 0.381 e. The van der Waals surface area contributed by atoms with Gasteiger partial charge >= 0.3 is 0 Å². The third-order valence-corrected chi connectivity index (χ3v) is 6.89. The molecule has 0 aliphatic rings. The van der Waals surface area contributed by atoms with Crippen LogP contribution in [0.1, 0.15) is 39.2 Å². The number of nitrogens with zero attached hydrogens (tertiary/aromatic N) is 3. The van der Waals surface area contributed by atoms with Gasteiger partial charge < -0.3 is 19.7 Å². The van der Waals surface area contributed by atoms with Crippen LogP contribution in [0, 0.1) is 19.7 Å². The standard InChI is InChI=1S/C30H28FN5O4/c1-6-36-23(18-10-12-19(13-11-18)24-17(3)40-35(5)30(24)39)15-22-25(31)16(2)33-26(27(22)36)29(38)34-21-9-7-8-20(14-21)28(37)32-4/h7-15H,6H2,1-5H3,(H,32,37)(H,34,38). The van der Waals surface area contributed by atoms with E-state index in [1.54, 1.807) is 44.3 Å². The number of aryl methyl sites for hydroxylation is 4. The van der Waals surface area contributed by atoms with E-state index in [2.05, 4.69) is 15.6 Å². The summed E-state index contributed by atoms with van der Waals surface area (Å²) in [5.74, 6) is -0.796. The summed E-state index contributed by atoms with van der Waals surface area (Å²) in [7, 11) is 3.09. The molecule has 40 heavy (non-hydrogen) atoms. The van der Waals surface area contributed by atoms with Crippen molar-refractivity contribution in [2.75, 3.05) is 12.4 Å². The predicted molar refractivity (Wildman–Crippen MR) is 151 cm³/mol. The lowest BCUT2D eigenvalue weighted by molar-refractivity contribution is 0.0961. The number of carbonyl (C=O) groups excluding carboxylic acids is 2. The van der Waals surface area contributed by atoms with Crippen molar-refractivity contribution in [1.82, 2.24) is 19.6 Å². The maximum Gasteiger partial charge on any atom is 0.290 e. The molecule has 2 aromatic carbocycles. The number of nitrogens with one attached hydrogen (secondary N) is 2. The number of anilines is 1. The van der Waals surface area contributed by atoms with Gasteiger partial charge in [-0.05, 0) is 56.2 Å². The van der Waals surface area contributed by atoms with Crippen LogP contribution in [0.2, 0.25) is 0 Å². The van der Waals surface area contributed by atoms with Gasteiger partial charge in [-0.25, -0.2) is 9.37 Å². The lowest BCUT2D eigenvalue weighted by atomic mass is 10.0. The van der Waals surface area contributed by atoms with Gasteiger partial charge in [-0.3, -0.25) is 14.4 Å². The highest BCUT2D eigenvalue weighted by molar-refractivity contribution is 6.12. The van der Waals surface area contributed by atoms with Gasteiger partial charge in [-0.15, -0.1) is 0 Å². The molecule has 2 amide bonds. The van der Waals surface area contributed by atoms with Crippen LogP contribution < -0.4 is 16.2 Å². The van der Waals surface area contributed by atoms with E-state index in [-0.39, 0.29) is 28.2 Å². The molecule has 10 heteroatoms. The van der Waals surface area contributed by atoms with E-state index in [4.69, 9.17) is 4.52 Å². The molecule has 9 nitrogen and oxygen atoms in total. The van der Waals surface area contributed by atoms with Crippen molar-refractivity contribution in [2.45, 2.75) is 27.3 Å². The summed E-state index contributed by atoms with van der Waals surface area (Å²) in [6.07, 6.45) is 0. The highest BCUT2D eigenvalue weighted by atomic mass is 19.1. The number of fused-ring (bicyclic) bond motifs is 1. The molecule has 0 unspecified atom stereocenters. The van der Waals surface area contributed by atoms with E-state index in [0.717, 1.165) is 5.56 Å². The second-order valence-corrected chi connectivity index (χ2v) is 9.41. The highest BCUT2D eigenvalue weighted by Gasteiger charge is 2.24. The van der Waals surface area contributed by atoms with Crippen LogP contribution in [0.5, 0.6) is 0 Å². The first-order valence-electron chi connectivity index (χ1n) is 12.7. The minimum Gasteiger partial charge on any atom is -0.381 e. The molecule has 3 heterocycles. The van der Waals surface area contributed by atoms with Crippen LogP contribution in [-0.2, 0) is 13.6 Å². The van der Waals surface area contributed by atoms with E-state index in [1.165, 1.54) is 18.7 Å². The SMILES string of the molecule is CCn1c(-c2ccc(-c3c(C)on(C)c3=O)cc2)cc2c(F)c(C)nc(C(=O)Nc3cccc(C(=O)NC)c3)c21. The van der Waals surface area contributed by atoms with Gasteiger partial charge in [0.1, 0.15) is 5.76 Å². The highest BCUT2D eigenvalue weighted by Crippen LogP contribution is 2.34. The fourth-order valence-electron chi connectivity index (χ4n) is 4.97. The third kappa shape index (κ3) is 4.47. The average molecular weight is 542 g/mol. The molecule has 0 atom stereocenters. The molecular formula is C30H28FN5O4. The van der Waals surface area contributed by atoms with Crippen molar-refractivity contribution in [3.63, 3.8) is 0 Å². The van der Waals surface area contributed by atoms with Gasteiger partial charge in [-0.1, -0.05) is 30.3 Å². The Morgan fingerprint density at radius 3 is 2.35 bits per heavy atom. The van der Waals surface area contributed by atoms with Gasteiger partial charge in [-0.2, -0.15) is 4.74 Å². The molecule has 2 N–H and O–H groups in total. The Kier molecular flexibility index (Phi) is 6.85. The molecule has 204 valence electrons. The summed E-state index contributed by atoms with van der Waals surface area (Å²) in [4.78, 5) is 42.3. The van der Waals surface area contributed by atoms with Gasteiger partial charge in [0.2, 0.25) is 0 Å². The summed E-state index contributed by atoms with van der Waals surface area (Å²) < 4.78 is 23.8. The van der Waals surface area contributed by atoms with Gasteiger partial charge in [0.25, 0.3) is 17.4 Å². The quantitative estimate of drug-likeness (QED) is 0.313. The number of hydrogen-bond donors (Lipinski definition) is 2. The molecule has 0 radical (unpaired) electrons. The summed E-state index contributed by atoms with van der Waals surface area (Å²) in [5, 5.41) is 5.63. The smallest absolute Gasteiger partial charge is 0.290 e. The Labute approximate surface area is 229 Å². The van der Waals surface area contributed by atoms with Gasteiger partial charge in [0.15, 0.2) is 11.5 Å². The molecule has 5 rings (SSSR count). The van der Waals surface area contributed by atoms with E-state index in [9.17, 15) is 14.4 Å². The molecule has 5 aromatic rings. The number of hydrogen-bond acceptors (Lipinski definition) is 5. The molecule has 0 fully saturated rings. The number of pyridine rings is 1. The van der Waals surface area contributed by atoms with Crippen molar-refractivity contribution >= 4 is 28.4 Å². The molecule has 3 aromatic heterocycles. The summed E-state index contributed by atoms with van der Waals surface area (Å²) >= 11 is 0. The molecule has 0 saturated carbocycles. The second kappa shape index (κ2) is 10.3. The fraction of sp³-hybridized carbons (Fsp3) is 0.200. The van der Waals surface area contributed by atoms with Crippen molar-refractivity contribution in [3.8, 4) is 22.4 Å². The zero-order chi connectivity index (χ0) is 28.7. The second-order valence-electron chi connectivity index (χ2n) is 9.41. The minimum atomic E-state index is -0.525. The zero-order valence-electron chi connectivity index (χ0n) is 22.8. The van der Waals surface area contributed by atoms with Crippen molar-refractivity contribution in [3.05, 3.63) is 93.5 Å². The Balaban J connectivity index is 1.59. The van der Waals surface area contributed by atoms with E-state index < -0.39 is 11.7 Å². The Hall–Kier alpha value is -4.99. The number of benzene rings is 2. The predicted octanol–water partition coefficient (Wildman–Crippen LogP) is 5.05. The normalized spacial score (nSPS) is 11.2. The Morgan fingerprint density at radius 1 is 1.02 bits per heavy atom. The lowest BCUT2D eigenvalue weighted by Gasteiger charge is -2.13. The first kappa shape index (κ1) is 26.6. The minimum absolute atomic E-state index is 0.0708. The van der Waals surface area contributed by atoms with Crippen LogP contribution in [0.4, 0.5) is 10.1 Å². The Bertz CT molecular complexity index is 1850. The number of carbonyl (C=O) groups is 2. The number of amides is 2. The van der Waals surface area contributed by atoms with Crippen molar-refractivity contribution in [1.29, 1.82) is 0 Å². The lowest BCUT2D eigenvalue weighted by Crippen LogP contribution is -2.19. The number of rotatable bonds is 6. The summed E-state index contributed by atoms with van der Waals surface area (Å²) in [6, 6.07) is 15.6. The molecular weight excluding hydrogens is 513 g/mol. The summed E-state index contributed by atoms with van der Waals surface area (Å²) in [5.41, 5.74) is 3.77. The monoisotopic (exact) mass is 541 g/mol. The van der Waals surface area contributed by atoms with Crippen LogP contribution in [0.25, 0.3) is 33.3 Å². The topological polar surface area (TPSA) is 111 Å². The molecule has 0 spiro atoms. The molecule has 0 aliphatic heterocycles. The van der Waals surface area contributed by atoms with E-state index in [0.29, 0.717) is 45.9 Å². The first-order chi connectivity index (χ1) is 19.1. The van der Waals surface area contributed by atoms with E-state index in [1.807, 2.05) is 35.8 Å². The first-order valence-corrected chi connectivity index (χ1v) is 12.7. The molecule has 0 aliphatic carbocycles. The van der Waals surface area contributed by atoms with Crippen LogP contribution in [0.15, 0.2) is 63.9 Å². The average Bonchev–Trinajstić information content (AvgIpc) is 3.46. The van der Waals surface area contributed by atoms with Crippen molar-refractivity contribution < 1.29 is 18.5 Å². The molecule has 0 bridgehead atoms. The number of halogens is 1.